The second-order valence-electron chi connectivity index (χ2n) is 4.58. The highest BCUT2D eigenvalue weighted by atomic mass is 16.5. The topological polar surface area (TPSA) is 65.7 Å². The molecule has 1 atom stereocenters. The number of anilines is 2. The van der Waals surface area contributed by atoms with E-state index >= 15 is 0 Å². The number of hydrogen-bond donors (Lipinski definition) is 2. The minimum Gasteiger partial charge on any atom is -0.489 e. The molecule has 1 aromatic carbocycles. The van der Waals surface area contributed by atoms with Crippen molar-refractivity contribution in [2.24, 2.45) is 0 Å². The highest BCUT2D eigenvalue weighted by Gasteiger charge is 2.10. The van der Waals surface area contributed by atoms with Gasteiger partial charge in [-0.15, -0.1) is 0 Å². The van der Waals surface area contributed by atoms with Crippen molar-refractivity contribution in [3.8, 4) is 5.75 Å². The highest BCUT2D eigenvalue weighted by molar-refractivity contribution is 5.72. The van der Waals surface area contributed by atoms with E-state index in [2.05, 4.69) is 5.32 Å². The van der Waals surface area contributed by atoms with E-state index in [9.17, 15) is 0 Å². The summed E-state index contributed by atoms with van der Waals surface area (Å²) in [6, 6.07) is 5.69. The molecular weight excluding hydrogens is 244 g/mol. The molecule has 5 heteroatoms. The average Bonchev–Trinajstić information content (AvgIpc) is 2.37. The van der Waals surface area contributed by atoms with Crippen molar-refractivity contribution in [2.75, 3.05) is 38.4 Å². The fourth-order valence-corrected chi connectivity index (χ4v) is 1.67. The van der Waals surface area contributed by atoms with E-state index in [4.69, 9.17) is 19.9 Å². The van der Waals surface area contributed by atoms with Crippen LogP contribution in [-0.2, 0) is 9.47 Å². The Balaban J connectivity index is 2.67. The molecule has 108 valence electrons. The van der Waals surface area contributed by atoms with E-state index in [1.165, 1.54) is 0 Å². The molecule has 0 heterocycles. The molecule has 0 aromatic heterocycles. The number of para-hydroxylation sites is 1. The Morgan fingerprint density at radius 3 is 2.58 bits per heavy atom. The summed E-state index contributed by atoms with van der Waals surface area (Å²) < 4.78 is 16.0. The molecule has 1 rings (SSSR count). The Morgan fingerprint density at radius 2 is 2.00 bits per heavy atom. The number of hydrogen-bond acceptors (Lipinski definition) is 5. The van der Waals surface area contributed by atoms with Gasteiger partial charge in [-0.3, -0.25) is 0 Å². The van der Waals surface area contributed by atoms with Crippen LogP contribution in [-0.4, -0.2) is 39.6 Å². The molecule has 3 N–H and O–H groups in total. The van der Waals surface area contributed by atoms with Gasteiger partial charge in [-0.25, -0.2) is 0 Å². The largest absolute Gasteiger partial charge is 0.489 e. The summed E-state index contributed by atoms with van der Waals surface area (Å²) in [5.41, 5.74) is 7.53. The molecule has 0 saturated carbocycles. The van der Waals surface area contributed by atoms with Gasteiger partial charge in [0.15, 0.2) is 0 Å². The molecule has 0 aliphatic heterocycles. The first kappa shape index (κ1) is 15.6. The molecule has 0 bridgehead atoms. The van der Waals surface area contributed by atoms with Gasteiger partial charge in [-0.05, 0) is 26.0 Å². The number of methoxy groups -OCH3 is 2. The van der Waals surface area contributed by atoms with Crippen molar-refractivity contribution in [2.45, 2.75) is 26.1 Å². The number of nitrogens with one attached hydrogen (secondary N) is 1. The molecule has 0 fully saturated rings. The van der Waals surface area contributed by atoms with Crippen molar-refractivity contribution in [1.82, 2.24) is 0 Å². The van der Waals surface area contributed by atoms with Crippen LogP contribution >= 0.6 is 0 Å². The second-order valence-corrected chi connectivity index (χ2v) is 4.58. The lowest BCUT2D eigenvalue weighted by Gasteiger charge is -2.19. The standard InChI is InChI=1S/C14H24N2O3/c1-10(2)19-13-7-5-6-12(14(13)15)16-8-11(18-4)9-17-3/h5-7,10-11,16H,8-9,15H2,1-4H3. The number of rotatable bonds is 8. The van der Waals surface area contributed by atoms with Crippen LogP contribution in [0.1, 0.15) is 13.8 Å². The molecule has 0 aliphatic carbocycles. The van der Waals surface area contributed by atoms with Crippen LogP contribution < -0.4 is 15.8 Å². The minimum absolute atomic E-state index is 0.0147. The molecule has 0 amide bonds. The molecule has 5 nitrogen and oxygen atoms in total. The zero-order chi connectivity index (χ0) is 14.3. The predicted octanol–water partition coefficient (Wildman–Crippen LogP) is 2.13. The molecule has 1 unspecified atom stereocenters. The van der Waals surface area contributed by atoms with Crippen LogP contribution in [0.2, 0.25) is 0 Å². The average molecular weight is 268 g/mol. The van der Waals surface area contributed by atoms with Crippen LogP contribution in [0, 0.1) is 0 Å². The van der Waals surface area contributed by atoms with Crippen molar-refractivity contribution in [1.29, 1.82) is 0 Å². The Bertz CT molecular complexity index is 383. The second kappa shape index (κ2) is 7.86. The Hall–Kier alpha value is -1.46. The van der Waals surface area contributed by atoms with Gasteiger partial charge in [0.1, 0.15) is 5.75 Å². The van der Waals surface area contributed by atoms with Gasteiger partial charge in [0.2, 0.25) is 0 Å². The van der Waals surface area contributed by atoms with Crippen molar-refractivity contribution < 1.29 is 14.2 Å². The molecule has 0 aliphatic rings. The summed E-state index contributed by atoms with van der Waals surface area (Å²) in [7, 11) is 3.31. The number of nitrogens with two attached hydrogens (primary N) is 1. The molecule has 1 aromatic rings. The summed E-state index contributed by atoms with van der Waals surface area (Å²) in [5, 5.41) is 3.25. The first-order valence-electron chi connectivity index (χ1n) is 6.39. The normalized spacial score (nSPS) is 12.5. The van der Waals surface area contributed by atoms with Crippen molar-refractivity contribution in [3.05, 3.63) is 18.2 Å². The summed E-state index contributed by atoms with van der Waals surface area (Å²) in [6.07, 6.45) is 0.0804. The quantitative estimate of drug-likeness (QED) is 0.707. The third-order valence-corrected chi connectivity index (χ3v) is 2.63. The highest BCUT2D eigenvalue weighted by Crippen LogP contribution is 2.30. The maximum atomic E-state index is 6.07. The molecule has 19 heavy (non-hydrogen) atoms. The zero-order valence-corrected chi connectivity index (χ0v) is 12.1. The molecular formula is C14H24N2O3. The lowest BCUT2D eigenvalue weighted by atomic mass is 10.2. The summed E-state index contributed by atoms with van der Waals surface area (Å²) in [5.74, 6) is 0.695. The summed E-state index contributed by atoms with van der Waals surface area (Å²) in [4.78, 5) is 0. The number of nitrogen functional groups attached to an aromatic ring is 1. The number of benzene rings is 1. The van der Waals surface area contributed by atoms with Crippen LogP contribution in [0.5, 0.6) is 5.75 Å². The SMILES string of the molecule is COCC(CNc1cccc(OC(C)C)c1N)OC. The van der Waals surface area contributed by atoms with Crippen molar-refractivity contribution in [3.63, 3.8) is 0 Å². The zero-order valence-electron chi connectivity index (χ0n) is 12.1. The predicted molar refractivity (Wildman–Crippen MR) is 77.8 cm³/mol. The Kier molecular flexibility index (Phi) is 6.45. The first-order chi connectivity index (χ1) is 9.08. The van der Waals surface area contributed by atoms with E-state index in [-0.39, 0.29) is 12.2 Å². The third kappa shape index (κ3) is 4.96. The van der Waals surface area contributed by atoms with Gasteiger partial charge in [-0.1, -0.05) is 6.07 Å². The summed E-state index contributed by atoms with van der Waals surface area (Å²) in [6.45, 7) is 5.10. The fourth-order valence-electron chi connectivity index (χ4n) is 1.67. The van der Waals surface area contributed by atoms with Crippen LogP contribution in [0.3, 0.4) is 0 Å². The van der Waals surface area contributed by atoms with Gasteiger partial charge in [0.05, 0.1) is 30.2 Å². The van der Waals surface area contributed by atoms with E-state index in [1.54, 1.807) is 14.2 Å². The summed E-state index contributed by atoms with van der Waals surface area (Å²) >= 11 is 0. The van der Waals surface area contributed by atoms with Gasteiger partial charge in [0.25, 0.3) is 0 Å². The van der Waals surface area contributed by atoms with E-state index in [0.29, 0.717) is 24.6 Å². The minimum atomic E-state index is -0.0147. The molecule has 0 spiro atoms. The van der Waals surface area contributed by atoms with E-state index in [1.807, 2.05) is 32.0 Å². The Labute approximate surface area is 115 Å². The molecule has 0 saturated heterocycles. The number of ether oxygens (including phenoxy) is 3. The van der Waals surface area contributed by atoms with Crippen LogP contribution in [0.25, 0.3) is 0 Å². The lowest BCUT2D eigenvalue weighted by molar-refractivity contribution is 0.0366. The lowest BCUT2D eigenvalue weighted by Crippen LogP contribution is -2.26. The smallest absolute Gasteiger partial charge is 0.144 e. The van der Waals surface area contributed by atoms with Crippen LogP contribution in [0.15, 0.2) is 18.2 Å². The fraction of sp³-hybridized carbons (Fsp3) is 0.571. The van der Waals surface area contributed by atoms with Gasteiger partial charge in [0, 0.05) is 20.8 Å². The van der Waals surface area contributed by atoms with Gasteiger partial charge < -0.3 is 25.3 Å². The van der Waals surface area contributed by atoms with Gasteiger partial charge in [-0.2, -0.15) is 0 Å². The maximum Gasteiger partial charge on any atom is 0.144 e. The van der Waals surface area contributed by atoms with Crippen molar-refractivity contribution >= 4 is 11.4 Å². The monoisotopic (exact) mass is 268 g/mol. The van der Waals surface area contributed by atoms with E-state index < -0.39 is 0 Å². The Morgan fingerprint density at radius 1 is 1.26 bits per heavy atom. The third-order valence-electron chi connectivity index (χ3n) is 2.63. The van der Waals surface area contributed by atoms with E-state index in [0.717, 1.165) is 5.69 Å². The maximum absolute atomic E-state index is 6.07. The molecule has 0 radical (unpaired) electrons. The van der Waals surface area contributed by atoms with Gasteiger partial charge >= 0.3 is 0 Å². The van der Waals surface area contributed by atoms with Crippen LogP contribution in [0.4, 0.5) is 11.4 Å². The first-order valence-corrected chi connectivity index (χ1v) is 6.39.